The zero-order valence-electron chi connectivity index (χ0n) is 17.0. The number of likely N-dealkylation sites (tertiary alicyclic amines) is 1. The van der Waals surface area contributed by atoms with E-state index in [-0.39, 0.29) is 5.91 Å². The Labute approximate surface area is 177 Å². The van der Waals surface area contributed by atoms with Crippen molar-refractivity contribution in [1.29, 1.82) is 0 Å². The highest BCUT2D eigenvalue weighted by Crippen LogP contribution is 2.29. The van der Waals surface area contributed by atoms with E-state index in [1.54, 1.807) is 18.6 Å². The molecule has 0 unspecified atom stereocenters. The molecule has 6 nitrogen and oxygen atoms in total. The van der Waals surface area contributed by atoms with Crippen molar-refractivity contribution >= 4 is 11.6 Å². The Balaban J connectivity index is 1.36. The van der Waals surface area contributed by atoms with Crippen LogP contribution in [0.2, 0.25) is 0 Å². The van der Waals surface area contributed by atoms with Gasteiger partial charge in [-0.2, -0.15) is 0 Å². The molecule has 0 saturated carbocycles. The molecule has 3 heterocycles. The molecule has 1 amide bonds. The minimum atomic E-state index is 0.0399. The molecule has 154 valence electrons. The predicted octanol–water partition coefficient (Wildman–Crippen LogP) is 3.57. The number of nitrogens with zero attached hydrogens (tertiary/aromatic N) is 3. The average Bonchev–Trinajstić information content (AvgIpc) is 2.83. The normalized spacial score (nSPS) is 14.5. The smallest absolute Gasteiger partial charge is 0.255 e. The summed E-state index contributed by atoms with van der Waals surface area (Å²) in [4.78, 5) is 23.5. The van der Waals surface area contributed by atoms with Crippen LogP contribution in [0.1, 0.15) is 45.9 Å². The van der Waals surface area contributed by atoms with E-state index >= 15 is 0 Å². The Morgan fingerprint density at radius 1 is 1.10 bits per heavy atom. The van der Waals surface area contributed by atoms with Gasteiger partial charge >= 0.3 is 0 Å². The lowest BCUT2D eigenvalue weighted by atomic mass is 9.88. The van der Waals surface area contributed by atoms with Crippen molar-refractivity contribution in [3.8, 4) is 0 Å². The average molecular weight is 402 g/mol. The number of anilines is 1. The number of pyridine rings is 2. The van der Waals surface area contributed by atoms with Gasteiger partial charge in [-0.1, -0.05) is 30.3 Å². The largest absolute Gasteiger partial charge is 0.378 e. The molecule has 3 aromatic rings. The lowest BCUT2D eigenvalue weighted by Gasteiger charge is -2.32. The highest BCUT2D eigenvalue weighted by molar-refractivity contribution is 5.94. The topological polar surface area (TPSA) is 84.1 Å². The maximum absolute atomic E-state index is 13.0. The third-order valence-electron chi connectivity index (χ3n) is 5.63. The number of carbonyl (C=O) groups excluding carboxylic acids is 1. The number of hydrogen-bond acceptors (Lipinski definition) is 5. The summed E-state index contributed by atoms with van der Waals surface area (Å²) in [6.45, 7) is 2.65. The van der Waals surface area contributed by atoms with Gasteiger partial charge in [0.05, 0.1) is 23.5 Å². The summed E-state index contributed by atoms with van der Waals surface area (Å²) < 4.78 is 0. The molecule has 1 fully saturated rings. The number of amides is 1. The van der Waals surface area contributed by atoms with Crippen LogP contribution in [0.25, 0.3) is 0 Å². The third kappa shape index (κ3) is 4.83. The third-order valence-corrected chi connectivity index (χ3v) is 5.63. The molecule has 1 aliphatic heterocycles. The summed E-state index contributed by atoms with van der Waals surface area (Å²) in [5.41, 5.74) is 10.6. The van der Waals surface area contributed by atoms with E-state index in [1.165, 1.54) is 5.56 Å². The summed E-state index contributed by atoms with van der Waals surface area (Å²) in [5, 5.41) is 3.29. The minimum Gasteiger partial charge on any atom is -0.378 e. The number of aromatic nitrogens is 2. The van der Waals surface area contributed by atoms with Crippen molar-refractivity contribution in [3.63, 3.8) is 0 Å². The number of nitrogens with one attached hydrogen (secondary N) is 1. The second-order valence-corrected chi connectivity index (χ2v) is 7.65. The van der Waals surface area contributed by atoms with Gasteiger partial charge in [0.1, 0.15) is 0 Å². The Morgan fingerprint density at radius 3 is 2.73 bits per heavy atom. The van der Waals surface area contributed by atoms with Crippen LogP contribution in [0.4, 0.5) is 5.69 Å². The zero-order valence-corrected chi connectivity index (χ0v) is 17.0. The summed E-state index contributed by atoms with van der Waals surface area (Å²) >= 11 is 0. The Hall–Kier alpha value is -3.25. The number of hydrogen-bond donors (Lipinski definition) is 2. The summed E-state index contributed by atoms with van der Waals surface area (Å²) in [7, 11) is 0. The predicted molar refractivity (Wildman–Crippen MR) is 118 cm³/mol. The van der Waals surface area contributed by atoms with E-state index in [0.717, 1.165) is 42.9 Å². The number of piperidine rings is 1. The number of carbonyl (C=O) groups is 1. The second kappa shape index (κ2) is 9.50. The lowest BCUT2D eigenvalue weighted by Crippen LogP contribution is -2.38. The van der Waals surface area contributed by atoms with E-state index in [4.69, 9.17) is 5.73 Å². The SMILES string of the molecule is NCc1cccc(C2CCN(C(=O)c3cncc(NCc4ccccn4)c3)CC2)c1. The first-order valence-corrected chi connectivity index (χ1v) is 10.4. The fourth-order valence-electron chi connectivity index (χ4n) is 3.92. The molecule has 0 spiro atoms. The molecule has 0 bridgehead atoms. The lowest BCUT2D eigenvalue weighted by molar-refractivity contribution is 0.0712. The maximum Gasteiger partial charge on any atom is 0.255 e. The van der Waals surface area contributed by atoms with Crippen molar-refractivity contribution < 1.29 is 4.79 Å². The van der Waals surface area contributed by atoms with Crippen LogP contribution in [-0.2, 0) is 13.1 Å². The van der Waals surface area contributed by atoms with Gasteiger partial charge in [-0.15, -0.1) is 0 Å². The van der Waals surface area contributed by atoms with Gasteiger partial charge in [0.2, 0.25) is 0 Å². The van der Waals surface area contributed by atoms with E-state index in [1.807, 2.05) is 29.2 Å². The molecule has 4 rings (SSSR count). The fourth-order valence-corrected chi connectivity index (χ4v) is 3.92. The van der Waals surface area contributed by atoms with Gasteiger partial charge in [-0.05, 0) is 48.1 Å². The Bertz CT molecular complexity index is 984. The van der Waals surface area contributed by atoms with E-state index in [0.29, 0.717) is 24.6 Å². The van der Waals surface area contributed by atoms with Gasteiger partial charge < -0.3 is 16.0 Å². The summed E-state index contributed by atoms with van der Waals surface area (Å²) in [6, 6.07) is 16.2. The molecule has 3 N–H and O–H groups in total. The highest BCUT2D eigenvalue weighted by Gasteiger charge is 2.25. The van der Waals surface area contributed by atoms with Crippen molar-refractivity contribution in [2.24, 2.45) is 5.73 Å². The molecule has 1 saturated heterocycles. The van der Waals surface area contributed by atoms with Crippen LogP contribution >= 0.6 is 0 Å². The Morgan fingerprint density at radius 2 is 1.97 bits per heavy atom. The first-order valence-electron chi connectivity index (χ1n) is 10.4. The summed E-state index contributed by atoms with van der Waals surface area (Å²) in [5.74, 6) is 0.517. The Kier molecular flexibility index (Phi) is 6.35. The molecule has 30 heavy (non-hydrogen) atoms. The zero-order chi connectivity index (χ0) is 20.8. The van der Waals surface area contributed by atoms with Crippen LogP contribution < -0.4 is 11.1 Å². The van der Waals surface area contributed by atoms with Crippen LogP contribution in [0.5, 0.6) is 0 Å². The van der Waals surface area contributed by atoms with Crippen molar-refractivity contribution in [3.05, 3.63) is 89.5 Å². The molecule has 6 heteroatoms. The highest BCUT2D eigenvalue weighted by atomic mass is 16.2. The first-order chi connectivity index (χ1) is 14.7. The van der Waals surface area contributed by atoms with Gasteiger partial charge in [-0.25, -0.2) is 0 Å². The molecule has 0 radical (unpaired) electrons. The molecular formula is C24H27N5O. The fraction of sp³-hybridized carbons (Fsp3) is 0.292. The molecule has 0 atom stereocenters. The molecule has 1 aliphatic rings. The quantitative estimate of drug-likeness (QED) is 0.660. The monoisotopic (exact) mass is 401 g/mol. The van der Waals surface area contributed by atoms with Gasteiger partial charge in [-0.3, -0.25) is 14.8 Å². The number of rotatable bonds is 6. The van der Waals surface area contributed by atoms with E-state index in [2.05, 4.69) is 39.6 Å². The minimum absolute atomic E-state index is 0.0399. The molecule has 2 aromatic heterocycles. The van der Waals surface area contributed by atoms with Crippen molar-refractivity contribution in [2.75, 3.05) is 18.4 Å². The molecule has 0 aliphatic carbocycles. The molecular weight excluding hydrogens is 374 g/mol. The van der Waals surface area contributed by atoms with Crippen LogP contribution in [-0.4, -0.2) is 33.9 Å². The second-order valence-electron chi connectivity index (χ2n) is 7.65. The number of nitrogens with two attached hydrogens (primary N) is 1. The van der Waals surface area contributed by atoms with Crippen molar-refractivity contribution in [1.82, 2.24) is 14.9 Å². The summed E-state index contributed by atoms with van der Waals surface area (Å²) in [6.07, 6.45) is 7.07. The standard InChI is InChI=1S/C24H27N5O/c25-14-18-4-3-5-20(12-18)19-7-10-29(11-8-19)24(30)21-13-23(16-26-15-21)28-17-22-6-1-2-9-27-22/h1-6,9,12-13,15-16,19,28H,7-8,10-11,14,17,25H2. The maximum atomic E-state index is 13.0. The van der Waals surface area contributed by atoms with E-state index in [9.17, 15) is 4.79 Å². The number of benzene rings is 1. The van der Waals surface area contributed by atoms with Crippen molar-refractivity contribution in [2.45, 2.75) is 31.8 Å². The van der Waals surface area contributed by atoms with Gasteiger partial charge in [0, 0.05) is 38.2 Å². The van der Waals surface area contributed by atoms with Crippen LogP contribution in [0, 0.1) is 0 Å². The first kappa shape index (κ1) is 20.0. The van der Waals surface area contributed by atoms with Gasteiger partial charge in [0.15, 0.2) is 0 Å². The van der Waals surface area contributed by atoms with Crippen LogP contribution in [0.15, 0.2) is 67.1 Å². The molecule has 1 aromatic carbocycles. The van der Waals surface area contributed by atoms with Crippen LogP contribution in [0.3, 0.4) is 0 Å². The van der Waals surface area contributed by atoms with E-state index < -0.39 is 0 Å². The van der Waals surface area contributed by atoms with Gasteiger partial charge in [0.25, 0.3) is 5.91 Å².